The number of aromatic nitrogens is 1. The third-order valence-corrected chi connectivity index (χ3v) is 4.15. The molecule has 0 unspecified atom stereocenters. The van der Waals surface area contributed by atoms with Gasteiger partial charge in [0.1, 0.15) is 5.01 Å². The van der Waals surface area contributed by atoms with Crippen LogP contribution in [0.3, 0.4) is 0 Å². The van der Waals surface area contributed by atoms with Crippen molar-refractivity contribution in [2.45, 2.75) is 32.7 Å². The summed E-state index contributed by atoms with van der Waals surface area (Å²) in [6, 6.07) is 7.85. The fourth-order valence-electron chi connectivity index (χ4n) is 2.11. The van der Waals surface area contributed by atoms with Crippen molar-refractivity contribution >= 4 is 39.5 Å². The molecule has 0 bridgehead atoms. The number of benzene rings is 1. The van der Waals surface area contributed by atoms with Gasteiger partial charge < -0.3 is 10.1 Å². The van der Waals surface area contributed by atoms with Gasteiger partial charge in [0.25, 0.3) is 5.91 Å². The highest BCUT2D eigenvalue weighted by molar-refractivity contribution is 7.19. The standard InChI is InChI=1S/C17H20N2O3S/c1-3-6-12(2)18-15(20)11-22-17(21)10-9-16-19-13-7-4-5-8-14(13)23-16/h4-5,7-10,12H,3,6,11H2,1-2H3,(H,18,20)/b10-9+/t12-/m0/s1. The summed E-state index contributed by atoms with van der Waals surface area (Å²) < 4.78 is 5.98. The van der Waals surface area contributed by atoms with E-state index < -0.39 is 5.97 Å². The third-order valence-electron chi connectivity index (χ3n) is 3.15. The van der Waals surface area contributed by atoms with Gasteiger partial charge in [-0.2, -0.15) is 0 Å². The molecule has 1 aromatic carbocycles. The quantitative estimate of drug-likeness (QED) is 0.625. The Kier molecular flexibility index (Phi) is 6.29. The van der Waals surface area contributed by atoms with E-state index in [1.165, 1.54) is 17.4 Å². The highest BCUT2D eigenvalue weighted by Crippen LogP contribution is 2.22. The van der Waals surface area contributed by atoms with E-state index >= 15 is 0 Å². The first-order valence-corrected chi connectivity index (χ1v) is 8.40. The molecule has 0 aliphatic heterocycles. The lowest BCUT2D eigenvalue weighted by Gasteiger charge is -2.12. The second-order valence-electron chi connectivity index (χ2n) is 5.22. The SMILES string of the molecule is CCC[C@H](C)NC(=O)COC(=O)/C=C/c1nc2ccccc2s1. The number of fused-ring (bicyclic) bond motifs is 1. The summed E-state index contributed by atoms with van der Waals surface area (Å²) in [5.74, 6) is -0.838. The van der Waals surface area contributed by atoms with E-state index in [4.69, 9.17) is 4.74 Å². The van der Waals surface area contributed by atoms with Gasteiger partial charge >= 0.3 is 5.97 Å². The number of ether oxygens (including phenoxy) is 1. The van der Waals surface area contributed by atoms with Gasteiger partial charge in [0.05, 0.1) is 10.2 Å². The molecule has 1 N–H and O–H groups in total. The Morgan fingerprint density at radius 3 is 2.91 bits per heavy atom. The van der Waals surface area contributed by atoms with Gasteiger partial charge in [0.2, 0.25) is 0 Å². The Labute approximate surface area is 139 Å². The molecule has 5 nitrogen and oxygen atoms in total. The van der Waals surface area contributed by atoms with Gasteiger partial charge in [-0.15, -0.1) is 11.3 Å². The number of esters is 1. The number of nitrogens with zero attached hydrogens (tertiary/aromatic N) is 1. The molecule has 0 spiro atoms. The number of carbonyl (C=O) groups excluding carboxylic acids is 2. The van der Waals surface area contributed by atoms with Crippen LogP contribution in [0.5, 0.6) is 0 Å². The molecule has 1 amide bonds. The molecule has 2 aromatic rings. The number of amides is 1. The summed E-state index contributed by atoms with van der Waals surface area (Å²) in [5, 5.41) is 3.50. The molecule has 23 heavy (non-hydrogen) atoms. The minimum atomic E-state index is -0.553. The second kappa shape index (κ2) is 8.43. The van der Waals surface area contributed by atoms with E-state index in [1.54, 1.807) is 6.08 Å². The maximum Gasteiger partial charge on any atom is 0.331 e. The average Bonchev–Trinajstić information content (AvgIpc) is 2.94. The van der Waals surface area contributed by atoms with Gasteiger partial charge in [-0.1, -0.05) is 25.5 Å². The monoisotopic (exact) mass is 332 g/mol. The molecule has 0 saturated heterocycles. The first-order valence-electron chi connectivity index (χ1n) is 7.58. The summed E-state index contributed by atoms with van der Waals surface area (Å²) in [5.41, 5.74) is 0.898. The highest BCUT2D eigenvalue weighted by atomic mass is 32.1. The van der Waals surface area contributed by atoms with Crippen LogP contribution < -0.4 is 5.32 Å². The van der Waals surface area contributed by atoms with Gasteiger partial charge in [-0.3, -0.25) is 4.79 Å². The summed E-state index contributed by atoms with van der Waals surface area (Å²) in [6.45, 7) is 3.71. The average molecular weight is 332 g/mol. The Morgan fingerprint density at radius 2 is 2.17 bits per heavy atom. The molecular weight excluding hydrogens is 312 g/mol. The molecule has 0 aliphatic rings. The van der Waals surface area contributed by atoms with Crippen molar-refractivity contribution in [3.8, 4) is 0 Å². The van der Waals surface area contributed by atoms with Crippen LogP contribution in [-0.2, 0) is 14.3 Å². The van der Waals surface area contributed by atoms with Crippen molar-refractivity contribution in [2.75, 3.05) is 6.61 Å². The van der Waals surface area contributed by atoms with Crippen LogP contribution in [0, 0.1) is 0 Å². The largest absolute Gasteiger partial charge is 0.452 e. The van der Waals surface area contributed by atoms with Crippen LogP contribution >= 0.6 is 11.3 Å². The fourth-order valence-corrected chi connectivity index (χ4v) is 2.98. The molecule has 2 rings (SSSR count). The lowest BCUT2D eigenvalue weighted by molar-refractivity contribution is -0.144. The van der Waals surface area contributed by atoms with E-state index in [2.05, 4.69) is 17.2 Å². The van der Waals surface area contributed by atoms with Crippen molar-refractivity contribution in [1.29, 1.82) is 0 Å². The smallest absolute Gasteiger partial charge is 0.331 e. The van der Waals surface area contributed by atoms with Crippen LogP contribution in [0.1, 0.15) is 31.7 Å². The highest BCUT2D eigenvalue weighted by Gasteiger charge is 2.08. The Hall–Kier alpha value is -2.21. The van der Waals surface area contributed by atoms with E-state index in [9.17, 15) is 9.59 Å². The number of rotatable bonds is 7. The number of carbonyl (C=O) groups is 2. The second-order valence-corrected chi connectivity index (χ2v) is 6.28. The first-order chi connectivity index (χ1) is 11.1. The number of hydrogen-bond acceptors (Lipinski definition) is 5. The summed E-state index contributed by atoms with van der Waals surface area (Å²) in [4.78, 5) is 27.6. The number of para-hydroxylation sites is 1. The van der Waals surface area contributed by atoms with Crippen molar-refractivity contribution in [1.82, 2.24) is 10.3 Å². The van der Waals surface area contributed by atoms with Crippen LogP contribution in [0.2, 0.25) is 0 Å². The Morgan fingerprint density at radius 1 is 1.39 bits per heavy atom. The molecule has 122 valence electrons. The zero-order valence-corrected chi connectivity index (χ0v) is 14.1. The predicted octanol–water partition coefficient (Wildman–Crippen LogP) is 3.16. The van der Waals surface area contributed by atoms with Gasteiger partial charge in [0, 0.05) is 12.1 Å². The van der Waals surface area contributed by atoms with Crippen LogP contribution in [-0.4, -0.2) is 29.5 Å². The lowest BCUT2D eigenvalue weighted by atomic mass is 10.2. The number of nitrogens with one attached hydrogen (secondary N) is 1. The van der Waals surface area contributed by atoms with E-state index in [0.717, 1.165) is 28.1 Å². The van der Waals surface area contributed by atoms with Gasteiger partial charge in [-0.05, 0) is 31.6 Å². The Balaban J connectivity index is 1.81. The normalized spacial score (nSPS) is 12.4. The van der Waals surface area contributed by atoms with E-state index in [-0.39, 0.29) is 18.6 Å². The molecule has 1 atom stereocenters. The van der Waals surface area contributed by atoms with Crippen molar-refractivity contribution in [3.63, 3.8) is 0 Å². The third kappa shape index (κ3) is 5.49. The minimum absolute atomic E-state index is 0.0875. The molecule has 0 aliphatic carbocycles. The number of hydrogen-bond donors (Lipinski definition) is 1. The van der Waals surface area contributed by atoms with Gasteiger partial charge in [0.15, 0.2) is 6.61 Å². The molecule has 0 radical (unpaired) electrons. The molecule has 1 aromatic heterocycles. The molecular formula is C17H20N2O3S. The van der Waals surface area contributed by atoms with E-state index in [0.29, 0.717) is 0 Å². The van der Waals surface area contributed by atoms with Crippen molar-refractivity contribution < 1.29 is 14.3 Å². The predicted molar refractivity (Wildman–Crippen MR) is 92.1 cm³/mol. The summed E-state index contributed by atoms with van der Waals surface area (Å²) >= 11 is 1.49. The van der Waals surface area contributed by atoms with Gasteiger partial charge in [-0.25, -0.2) is 9.78 Å². The topological polar surface area (TPSA) is 68.3 Å². The molecule has 0 saturated carbocycles. The molecule has 6 heteroatoms. The first kappa shape index (κ1) is 17.1. The number of thiazole rings is 1. The van der Waals surface area contributed by atoms with Crippen molar-refractivity contribution in [3.05, 3.63) is 35.3 Å². The summed E-state index contributed by atoms with van der Waals surface area (Å²) in [7, 11) is 0. The zero-order chi connectivity index (χ0) is 16.7. The van der Waals surface area contributed by atoms with Crippen molar-refractivity contribution in [2.24, 2.45) is 0 Å². The molecule has 0 fully saturated rings. The maximum absolute atomic E-state index is 11.6. The Bertz CT molecular complexity index is 676. The summed E-state index contributed by atoms with van der Waals surface area (Å²) in [6.07, 6.45) is 4.79. The van der Waals surface area contributed by atoms with E-state index in [1.807, 2.05) is 31.2 Å². The minimum Gasteiger partial charge on any atom is -0.452 e. The van der Waals surface area contributed by atoms with Crippen LogP contribution in [0.25, 0.3) is 16.3 Å². The lowest BCUT2D eigenvalue weighted by Crippen LogP contribution is -2.35. The van der Waals surface area contributed by atoms with Crippen LogP contribution in [0.4, 0.5) is 0 Å². The fraction of sp³-hybridized carbons (Fsp3) is 0.353. The zero-order valence-electron chi connectivity index (χ0n) is 13.2. The van der Waals surface area contributed by atoms with Crippen LogP contribution in [0.15, 0.2) is 30.3 Å². The maximum atomic E-state index is 11.6. The molecule has 1 heterocycles.